The minimum atomic E-state index is -0.402. The van der Waals surface area contributed by atoms with Crippen LogP contribution >= 0.6 is 0 Å². The molecule has 1 N–H and O–H groups in total. The zero-order chi connectivity index (χ0) is 19.6. The molecule has 0 amide bonds. The molecule has 1 aliphatic heterocycles. The number of carbonyl (C=O) groups excluding carboxylic acids is 2. The number of rotatable bonds is 5. The number of benzene rings is 2. The molecule has 0 aliphatic carbocycles. The van der Waals surface area contributed by atoms with E-state index in [4.69, 9.17) is 4.74 Å². The molecule has 0 aromatic heterocycles. The normalized spacial score (nSPS) is 14.8. The summed E-state index contributed by atoms with van der Waals surface area (Å²) in [5, 5.41) is 3.18. The van der Waals surface area contributed by atoms with Crippen LogP contribution < -0.4 is 10.1 Å². The average Bonchev–Trinajstić information content (AvgIpc) is 2.61. The molecule has 2 aromatic carbocycles. The molecule has 1 aliphatic rings. The molecule has 0 unspecified atom stereocenters. The summed E-state index contributed by atoms with van der Waals surface area (Å²) in [7, 11) is 0. The van der Waals surface area contributed by atoms with Crippen molar-refractivity contribution in [3.63, 3.8) is 0 Å². The smallest absolute Gasteiger partial charge is 0.158 e. The second kappa shape index (κ2) is 7.62. The van der Waals surface area contributed by atoms with Crippen molar-refractivity contribution >= 4 is 11.6 Å². The van der Waals surface area contributed by atoms with Gasteiger partial charge >= 0.3 is 0 Å². The first-order valence-electron chi connectivity index (χ1n) is 8.91. The molecule has 4 heteroatoms. The standard InChI is InChI=1S/C23H23NO3/c1-14-21(16(3)25)23(22(17(4)26)15(2)24-14)18-9-8-12-20(13-18)27-19-10-6-5-7-11-19/h5-13,23-24H,1-4H3. The maximum atomic E-state index is 12.4. The third-order valence-electron chi connectivity index (χ3n) is 4.69. The molecule has 0 saturated heterocycles. The van der Waals surface area contributed by atoms with Gasteiger partial charge in [-0.25, -0.2) is 0 Å². The van der Waals surface area contributed by atoms with E-state index in [0.29, 0.717) is 16.9 Å². The van der Waals surface area contributed by atoms with E-state index in [2.05, 4.69) is 5.32 Å². The molecule has 0 bridgehead atoms. The van der Waals surface area contributed by atoms with Crippen molar-refractivity contribution in [2.45, 2.75) is 33.6 Å². The number of carbonyl (C=O) groups is 2. The van der Waals surface area contributed by atoms with Gasteiger partial charge in [-0.3, -0.25) is 9.59 Å². The number of ketones is 2. The Balaban J connectivity index is 2.08. The first-order valence-corrected chi connectivity index (χ1v) is 8.91. The summed E-state index contributed by atoms with van der Waals surface area (Å²) in [4.78, 5) is 24.8. The van der Waals surface area contributed by atoms with Gasteiger partial charge in [0.15, 0.2) is 11.6 Å². The van der Waals surface area contributed by atoms with Gasteiger partial charge in [0.1, 0.15) is 11.5 Å². The Labute approximate surface area is 159 Å². The quantitative estimate of drug-likeness (QED) is 0.824. The van der Waals surface area contributed by atoms with E-state index in [0.717, 1.165) is 22.7 Å². The maximum Gasteiger partial charge on any atom is 0.158 e. The molecule has 0 atom stereocenters. The number of Topliss-reactive ketones (excluding diaryl/α,β-unsaturated/α-hetero) is 2. The predicted molar refractivity (Wildman–Crippen MR) is 106 cm³/mol. The van der Waals surface area contributed by atoms with Crippen LogP contribution in [0.1, 0.15) is 39.2 Å². The van der Waals surface area contributed by atoms with Gasteiger partial charge < -0.3 is 10.1 Å². The largest absolute Gasteiger partial charge is 0.457 e. The van der Waals surface area contributed by atoms with Crippen LogP contribution in [0.4, 0.5) is 0 Å². The highest BCUT2D eigenvalue weighted by atomic mass is 16.5. The lowest BCUT2D eigenvalue weighted by Crippen LogP contribution is -2.29. The van der Waals surface area contributed by atoms with E-state index in [1.165, 1.54) is 13.8 Å². The minimum absolute atomic E-state index is 0.0503. The summed E-state index contributed by atoms with van der Waals surface area (Å²) in [6.07, 6.45) is 0. The molecule has 0 saturated carbocycles. The number of hydrogen-bond donors (Lipinski definition) is 1. The van der Waals surface area contributed by atoms with Crippen LogP contribution in [0.2, 0.25) is 0 Å². The van der Waals surface area contributed by atoms with Gasteiger partial charge in [0.2, 0.25) is 0 Å². The van der Waals surface area contributed by atoms with Gasteiger partial charge in [-0.05, 0) is 57.5 Å². The van der Waals surface area contributed by atoms with Crippen LogP contribution in [-0.2, 0) is 9.59 Å². The SMILES string of the molecule is CC(=O)C1=C(C)NC(C)=C(C(C)=O)C1c1cccc(Oc2ccccc2)c1. The lowest BCUT2D eigenvalue weighted by atomic mass is 9.77. The molecule has 138 valence electrons. The van der Waals surface area contributed by atoms with Gasteiger partial charge in [-0.2, -0.15) is 0 Å². The number of para-hydroxylation sites is 1. The highest BCUT2D eigenvalue weighted by molar-refractivity contribution is 6.03. The molecule has 4 nitrogen and oxygen atoms in total. The molecule has 0 spiro atoms. The van der Waals surface area contributed by atoms with Crippen molar-refractivity contribution in [3.05, 3.63) is 82.7 Å². The van der Waals surface area contributed by atoms with E-state index in [1.54, 1.807) is 0 Å². The van der Waals surface area contributed by atoms with E-state index in [9.17, 15) is 9.59 Å². The minimum Gasteiger partial charge on any atom is -0.457 e. The fourth-order valence-electron chi connectivity index (χ4n) is 3.64. The third kappa shape index (κ3) is 3.85. The third-order valence-corrected chi connectivity index (χ3v) is 4.69. The summed E-state index contributed by atoms with van der Waals surface area (Å²) in [6, 6.07) is 17.1. The second-order valence-corrected chi connectivity index (χ2v) is 6.74. The lowest BCUT2D eigenvalue weighted by molar-refractivity contribution is -0.114. The van der Waals surface area contributed by atoms with Gasteiger partial charge in [0.25, 0.3) is 0 Å². The Bertz CT molecular complexity index is 919. The van der Waals surface area contributed by atoms with Crippen molar-refractivity contribution < 1.29 is 14.3 Å². The first kappa shape index (κ1) is 18.6. The maximum absolute atomic E-state index is 12.4. The van der Waals surface area contributed by atoms with Gasteiger partial charge in [-0.1, -0.05) is 30.3 Å². The molecule has 27 heavy (non-hydrogen) atoms. The summed E-state index contributed by atoms with van der Waals surface area (Å²) in [5.41, 5.74) is 3.65. The monoisotopic (exact) mass is 361 g/mol. The lowest BCUT2D eigenvalue weighted by Gasteiger charge is -2.30. The number of dihydropyridines is 1. The summed E-state index contributed by atoms with van der Waals surface area (Å²) in [6.45, 7) is 6.81. The molecule has 0 radical (unpaired) electrons. The summed E-state index contributed by atoms with van der Waals surface area (Å²) in [5.74, 6) is 0.896. The van der Waals surface area contributed by atoms with Gasteiger partial charge in [-0.15, -0.1) is 0 Å². The Morgan fingerprint density at radius 2 is 1.37 bits per heavy atom. The first-order chi connectivity index (χ1) is 12.9. The zero-order valence-corrected chi connectivity index (χ0v) is 16.0. The van der Waals surface area contributed by atoms with Crippen LogP contribution in [0.15, 0.2) is 77.1 Å². The van der Waals surface area contributed by atoms with Crippen molar-refractivity contribution in [3.8, 4) is 11.5 Å². The van der Waals surface area contributed by atoms with Crippen LogP contribution in [-0.4, -0.2) is 11.6 Å². The number of nitrogens with one attached hydrogen (secondary N) is 1. The van der Waals surface area contributed by atoms with Crippen LogP contribution in [0.25, 0.3) is 0 Å². The van der Waals surface area contributed by atoms with E-state index in [-0.39, 0.29) is 11.6 Å². The molecule has 0 fully saturated rings. The molecule has 1 heterocycles. The summed E-state index contributed by atoms with van der Waals surface area (Å²) >= 11 is 0. The van der Waals surface area contributed by atoms with Crippen molar-refractivity contribution in [2.24, 2.45) is 0 Å². The van der Waals surface area contributed by atoms with E-state index >= 15 is 0 Å². The van der Waals surface area contributed by atoms with Crippen molar-refractivity contribution in [1.29, 1.82) is 0 Å². The van der Waals surface area contributed by atoms with Crippen molar-refractivity contribution in [1.82, 2.24) is 5.32 Å². The fraction of sp³-hybridized carbons (Fsp3) is 0.217. The fourth-order valence-corrected chi connectivity index (χ4v) is 3.64. The highest BCUT2D eigenvalue weighted by Gasteiger charge is 2.33. The molecular formula is C23H23NO3. The number of allylic oxidation sites excluding steroid dienone is 4. The topological polar surface area (TPSA) is 55.4 Å². The summed E-state index contributed by atoms with van der Waals surface area (Å²) < 4.78 is 5.94. The Morgan fingerprint density at radius 3 is 1.93 bits per heavy atom. The van der Waals surface area contributed by atoms with E-state index < -0.39 is 5.92 Å². The predicted octanol–water partition coefficient (Wildman–Crippen LogP) is 4.89. The Hall–Kier alpha value is -3.14. The second-order valence-electron chi connectivity index (χ2n) is 6.74. The highest BCUT2D eigenvalue weighted by Crippen LogP contribution is 2.40. The van der Waals surface area contributed by atoms with Gasteiger partial charge in [0, 0.05) is 28.5 Å². The van der Waals surface area contributed by atoms with Crippen LogP contribution in [0.3, 0.4) is 0 Å². The Morgan fingerprint density at radius 1 is 0.815 bits per heavy atom. The molecule has 2 aromatic rings. The van der Waals surface area contributed by atoms with Gasteiger partial charge in [0.05, 0.1) is 0 Å². The number of hydrogen-bond acceptors (Lipinski definition) is 4. The molecule has 3 rings (SSSR count). The van der Waals surface area contributed by atoms with Crippen LogP contribution in [0, 0.1) is 0 Å². The van der Waals surface area contributed by atoms with E-state index in [1.807, 2.05) is 68.4 Å². The average molecular weight is 361 g/mol. The van der Waals surface area contributed by atoms with Crippen LogP contribution in [0.5, 0.6) is 11.5 Å². The molecular weight excluding hydrogens is 338 g/mol. The number of ether oxygens (including phenoxy) is 1. The Kier molecular flexibility index (Phi) is 5.26. The van der Waals surface area contributed by atoms with Crippen molar-refractivity contribution in [2.75, 3.05) is 0 Å². The zero-order valence-electron chi connectivity index (χ0n) is 16.0.